The van der Waals surface area contributed by atoms with E-state index in [0.717, 1.165) is 18.9 Å². The van der Waals surface area contributed by atoms with Crippen molar-refractivity contribution < 1.29 is 13.2 Å². The lowest BCUT2D eigenvalue weighted by Gasteiger charge is -2.15. The molecule has 0 aliphatic heterocycles. The molecule has 0 saturated carbocycles. The van der Waals surface area contributed by atoms with Crippen molar-refractivity contribution in [2.75, 3.05) is 12.3 Å². The van der Waals surface area contributed by atoms with Gasteiger partial charge < -0.3 is 11.1 Å². The molecule has 0 aliphatic carbocycles. The van der Waals surface area contributed by atoms with E-state index < -0.39 is 17.4 Å². The molecule has 3 N–H and O–H groups in total. The highest BCUT2D eigenvalue weighted by atomic mass is 35.5. The summed E-state index contributed by atoms with van der Waals surface area (Å²) in [5.41, 5.74) is 4.65. The molecule has 0 radical (unpaired) electrons. The van der Waals surface area contributed by atoms with Crippen LogP contribution in [0.25, 0.3) is 0 Å². The van der Waals surface area contributed by atoms with Crippen molar-refractivity contribution in [1.29, 1.82) is 0 Å². The van der Waals surface area contributed by atoms with Crippen LogP contribution in [0.3, 0.4) is 0 Å². The molecule has 1 atom stereocenters. The van der Waals surface area contributed by atoms with Crippen molar-refractivity contribution in [2.24, 2.45) is 0 Å². The molecule has 0 amide bonds. The lowest BCUT2D eigenvalue weighted by atomic mass is 10.1. The number of hydrogen-bond acceptors (Lipinski definition) is 2. The summed E-state index contributed by atoms with van der Waals surface area (Å²) in [7, 11) is 0. The topological polar surface area (TPSA) is 38.0 Å². The predicted octanol–water partition coefficient (Wildman–Crippen LogP) is 4.26. The van der Waals surface area contributed by atoms with Crippen molar-refractivity contribution >= 4 is 17.3 Å². The maximum absolute atomic E-state index is 12.8. The third-order valence-electron chi connectivity index (χ3n) is 3.12. The lowest BCUT2D eigenvalue weighted by Crippen LogP contribution is -2.27. The Kier molecular flexibility index (Phi) is 6.14. The van der Waals surface area contributed by atoms with E-state index in [1.54, 1.807) is 0 Å². The molecule has 0 saturated heterocycles. The number of anilines is 1. The van der Waals surface area contributed by atoms with E-state index in [2.05, 4.69) is 19.2 Å². The number of nitrogens with one attached hydrogen (secondary N) is 1. The second-order valence-electron chi connectivity index (χ2n) is 4.93. The molecule has 1 unspecified atom stereocenters. The number of nitrogen functional groups attached to an aromatic ring is 1. The molecule has 1 aromatic carbocycles. The summed E-state index contributed by atoms with van der Waals surface area (Å²) < 4.78 is 38.4. The van der Waals surface area contributed by atoms with Gasteiger partial charge in [0.25, 0.3) is 0 Å². The van der Waals surface area contributed by atoms with Crippen LogP contribution in [0.15, 0.2) is 12.1 Å². The second kappa shape index (κ2) is 7.18. The fourth-order valence-electron chi connectivity index (χ4n) is 2.05. The van der Waals surface area contributed by atoms with Crippen LogP contribution in [0.5, 0.6) is 0 Å². The Morgan fingerprint density at radius 3 is 2.55 bits per heavy atom. The normalized spacial score (nSPS) is 13.5. The maximum atomic E-state index is 12.8. The van der Waals surface area contributed by atoms with E-state index >= 15 is 0 Å². The first-order valence-electron chi connectivity index (χ1n) is 6.64. The molecule has 6 heteroatoms. The highest BCUT2D eigenvalue weighted by Crippen LogP contribution is 2.37. The first-order chi connectivity index (χ1) is 9.25. The smallest absolute Gasteiger partial charge is 0.397 e. The van der Waals surface area contributed by atoms with E-state index in [0.29, 0.717) is 24.6 Å². The summed E-state index contributed by atoms with van der Waals surface area (Å²) >= 11 is 5.77. The predicted molar refractivity (Wildman–Crippen MR) is 76.9 cm³/mol. The fraction of sp³-hybridized carbons (Fsp3) is 0.571. The third kappa shape index (κ3) is 4.87. The first-order valence-corrected chi connectivity index (χ1v) is 7.02. The summed E-state index contributed by atoms with van der Waals surface area (Å²) in [5.74, 6) is 0. The van der Waals surface area contributed by atoms with Crippen molar-refractivity contribution in [3.8, 4) is 0 Å². The molecule has 2 nitrogen and oxygen atoms in total. The molecular weight excluding hydrogens is 289 g/mol. The Bertz CT molecular complexity index is 447. The van der Waals surface area contributed by atoms with Crippen molar-refractivity contribution in [3.05, 3.63) is 28.3 Å². The second-order valence-corrected chi connectivity index (χ2v) is 5.34. The first kappa shape index (κ1) is 17.1. The van der Waals surface area contributed by atoms with Crippen molar-refractivity contribution in [3.63, 3.8) is 0 Å². The van der Waals surface area contributed by atoms with Crippen LogP contribution in [0.2, 0.25) is 5.02 Å². The SMILES string of the molecule is CCCC(C)NCCc1cc(Cl)c(N)c(C(F)(F)F)c1. The minimum atomic E-state index is -4.48. The zero-order chi connectivity index (χ0) is 15.3. The molecule has 1 rings (SSSR count). The Morgan fingerprint density at radius 1 is 1.35 bits per heavy atom. The van der Waals surface area contributed by atoms with Gasteiger partial charge in [0.15, 0.2) is 0 Å². The van der Waals surface area contributed by atoms with Gasteiger partial charge in [-0.2, -0.15) is 13.2 Å². The quantitative estimate of drug-likeness (QED) is 0.771. The van der Waals surface area contributed by atoms with E-state index in [1.165, 1.54) is 6.07 Å². The summed E-state index contributed by atoms with van der Waals surface area (Å²) in [6, 6.07) is 2.93. The van der Waals surface area contributed by atoms with Gasteiger partial charge in [0.2, 0.25) is 0 Å². The lowest BCUT2D eigenvalue weighted by molar-refractivity contribution is -0.136. The van der Waals surface area contributed by atoms with Crippen LogP contribution in [-0.2, 0) is 12.6 Å². The van der Waals surface area contributed by atoms with Crippen LogP contribution >= 0.6 is 11.6 Å². The van der Waals surface area contributed by atoms with Crippen LogP contribution in [0.4, 0.5) is 18.9 Å². The zero-order valence-electron chi connectivity index (χ0n) is 11.6. The van der Waals surface area contributed by atoms with Gasteiger partial charge in [-0.05, 0) is 44.0 Å². The standard InChI is InChI=1S/C14H20ClF3N2/c1-3-4-9(2)20-6-5-10-7-11(14(16,17)18)13(19)12(15)8-10/h7-9,20H,3-6,19H2,1-2H3. The van der Waals surface area contributed by atoms with Gasteiger partial charge in [0.1, 0.15) is 0 Å². The molecule has 20 heavy (non-hydrogen) atoms. The molecular formula is C14H20ClF3N2. The molecule has 0 heterocycles. The average molecular weight is 309 g/mol. The van der Waals surface area contributed by atoms with Gasteiger partial charge >= 0.3 is 6.18 Å². The van der Waals surface area contributed by atoms with Crippen LogP contribution < -0.4 is 11.1 Å². The molecule has 1 aromatic rings. The van der Waals surface area contributed by atoms with Crippen LogP contribution in [0, 0.1) is 0 Å². The number of alkyl halides is 3. The minimum absolute atomic E-state index is 0.0450. The number of rotatable bonds is 6. The van der Waals surface area contributed by atoms with Gasteiger partial charge in [-0.25, -0.2) is 0 Å². The molecule has 0 bridgehead atoms. The van der Waals surface area contributed by atoms with Gasteiger partial charge in [0, 0.05) is 6.04 Å². The van der Waals surface area contributed by atoms with E-state index in [-0.39, 0.29) is 5.02 Å². The van der Waals surface area contributed by atoms with E-state index in [9.17, 15) is 13.2 Å². The third-order valence-corrected chi connectivity index (χ3v) is 3.44. The van der Waals surface area contributed by atoms with Crippen LogP contribution in [-0.4, -0.2) is 12.6 Å². The van der Waals surface area contributed by atoms with Crippen molar-refractivity contribution in [2.45, 2.75) is 45.3 Å². The number of halogens is 4. The average Bonchev–Trinajstić information content (AvgIpc) is 2.32. The molecule has 0 aliphatic rings. The highest BCUT2D eigenvalue weighted by Gasteiger charge is 2.34. The van der Waals surface area contributed by atoms with E-state index in [4.69, 9.17) is 17.3 Å². The number of nitrogens with two attached hydrogens (primary N) is 1. The summed E-state index contributed by atoms with van der Waals surface area (Å²) in [6.45, 7) is 4.76. The number of benzene rings is 1. The highest BCUT2D eigenvalue weighted by molar-refractivity contribution is 6.33. The Balaban J connectivity index is 2.75. The van der Waals surface area contributed by atoms with Crippen molar-refractivity contribution in [1.82, 2.24) is 5.32 Å². The minimum Gasteiger partial charge on any atom is -0.397 e. The summed E-state index contributed by atoms with van der Waals surface area (Å²) in [5, 5.41) is 3.22. The molecule has 0 aromatic heterocycles. The fourth-order valence-corrected chi connectivity index (χ4v) is 2.29. The summed E-state index contributed by atoms with van der Waals surface area (Å²) in [6.07, 6.45) is -1.89. The zero-order valence-corrected chi connectivity index (χ0v) is 12.4. The van der Waals surface area contributed by atoms with Gasteiger partial charge in [0.05, 0.1) is 16.3 Å². The molecule has 0 spiro atoms. The Hall–Kier alpha value is -0.940. The van der Waals surface area contributed by atoms with E-state index in [1.807, 2.05) is 0 Å². The maximum Gasteiger partial charge on any atom is 0.418 e. The molecule has 0 fully saturated rings. The van der Waals surface area contributed by atoms with Crippen LogP contribution in [0.1, 0.15) is 37.8 Å². The Morgan fingerprint density at radius 2 is 2.00 bits per heavy atom. The largest absolute Gasteiger partial charge is 0.418 e. The Labute approximate surface area is 122 Å². The van der Waals surface area contributed by atoms with Gasteiger partial charge in [-0.3, -0.25) is 0 Å². The monoisotopic (exact) mass is 308 g/mol. The summed E-state index contributed by atoms with van der Waals surface area (Å²) in [4.78, 5) is 0. The van der Waals surface area contributed by atoms with Gasteiger partial charge in [-0.1, -0.05) is 24.9 Å². The number of hydrogen-bond donors (Lipinski definition) is 2. The molecule has 114 valence electrons. The van der Waals surface area contributed by atoms with Gasteiger partial charge in [-0.15, -0.1) is 0 Å².